The summed E-state index contributed by atoms with van der Waals surface area (Å²) in [6, 6.07) is 16.9. The number of hydrogen-bond acceptors (Lipinski definition) is 4. The zero-order valence-corrected chi connectivity index (χ0v) is 17.8. The van der Waals surface area contributed by atoms with Gasteiger partial charge in [0, 0.05) is 44.0 Å². The lowest BCUT2D eigenvalue weighted by Gasteiger charge is -2.36. The van der Waals surface area contributed by atoms with Crippen LogP contribution < -0.4 is 10.2 Å². The number of carbonyl (C=O) groups excluding carboxylic acids is 1. The average Bonchev–Trinajstić information content (AvgIpc) is 2.81. The number of benzene rings is 3. The summed E-state index contributed by atoms with van der Waals surface area (Å²) >= 11 is 0. The van der Waals surface area contributed by atoms with Crippen LogP contribution in [0, 0.1) is 11.6 Å². The summed E-state index contributed by atoms with van der Waals surface area (Å²) in [6.45, 7) is 2.96. The fraction of sp³-hybridized carbons (Fsp3) is 0.200. The maximum atomic E-state index is 13.9. The summed E-state index contributed by atoms with van der Waals surface area (Å²) < 4.78 is 27.8. The summed E-state index contributed by atoms with van der Waals surface area (Å²) in [7, 11) is 0. The number of carbonyl (C=O) groups is 2. The second-order valence-electron chi connectivity index (χ2n) is 7.83. The molecular weight excluding hydrogens is 428 g/mol. The van der Waals surface area contributed by atoms with Gasteiger partial charge in [0.2, 0.25) is 0 Å². The predicted octanol–water partition coefficient (Wildman–Crippen LogP) is 4.24. The minimum atomic E-state index is -1.12. The second-order valence-corrected chi connectivity index (χ2v) is 7.83. The van der Waals surface area contributed by atoms with E-state index < -0.39 is 17.7 Å². The Morgan fingerprint density at radius 2 is 1.52 bits per heavy atom. The summed E-state index contributed by atoms with van der Waals surface area (Å²) in [5.74, 6) is -2.67. The SMILES string of the molecule is O=C(Nc1ccc(N2CCN(Cc3ccccc3F)CC2)c(C(=O)O)c1)c1ccccc1F. The van der Waals surface area contributed by atoms with Gasteiger partial charge in [0.1, 0.15) is 11.6 Å². The van der Waals surface area contributed by atoms with E-state index in [9.17, 15) is 23.5 Å². The Kier molecular flexibility index (Phi) is 6.65. The van der Waals surface area contributed by atoms with Crippen molar-refractivity contribution in [1.82, 2.24) is 4.90 Å². The van der Waals surface area contributed by atoms with Crippen molar-refractivity contribution in [3.8, 4) is 0 Å². The largest absolute Gasteiger partial charge is 0.478 e. The Morgan fingerprint density at radius 1 is 0.848 bits per heavy atom. The molecule has 33 heavy (non-hydrogen) atoms. The number of carboxylic acid groups (broad SMARTS) is 1. The molecule has 3 aromatic carbocycles. The van der Waals surface area contributed by atoms with Gasteiger partial charge in [-0.2, -0.15) is 0 Å². The summed E-state index contributed by atoms with van der Waals surface area (Å²) in [5.41, 5.74) is 1.36. The highest BCUT2D eigenvalue weighted by Gasteiger charge is 2.23. The van der Waals surface area contributed by atoms with E-state index in [2.05, 4.69) is 10.2 Å². The number of anilines is 2. The maximum absolute atomic E-state index is 13.9. The van der Waals surface area contributed by atoms with Crippen LogP contribution in [0.4, 0.5) is 20.2 Å². The van der Waals surface area contributed by atoms with Crippen LogP contribution in [-0.4, -0.2) is 48.1 Å². The van der Waals surface area contributed by atoms with E-state index in [4.69, 9.17) is 0 Å². The minimum Gasteiger partial charge on any atom is -0.478 e. The Labute approximate surface area is 190 Å². The monoisotopic (exact) mass is 451 g/mol. The van der Waals surface area contributed by atoms with Crippen molar-refractivity contribution in [2.45, 2.75) is 6.54 Å². The molecule has 1 aliphatic heterocycles. The molecule has 4 rings (SSSR count). The Morgan fingerprint density at radius 3 is 2.18 bits per heavy atom. The first-order valence-electron chi connectivity index (χ1n) is 10.6. The van der Waals surface area contributed by atoms with Crippen LogP contribution in [0.15, 0.2) is 66.7 Å². The van der Waals surface area contributed by atoms with Gasteiger partial charge in [-0.15, -0.1) is 0 Å². The fourth-order valence-electron chi connectivity index (χ4n) is 3.92. The first kappa shape index (κ1) is 22.4. The third-order valence-corrected chi connectivity index (χ3v) is 5.67. The number of nitrogens with zero attached hydrogens (tertiary/aromatic N) is 2. The van der Waals surface area contributed by atoms with Gasteiger partial charge in [-0.3, -0.25) is 9.69 Å². The zero-order valence-electron chi connectivity index (χ0n) is 17.8. The van der Waals surface area contributed by atoms with Gasteiger partial charge in [0.15, 0.2) is 0 Å². The third kappa shape index (κ3) is 5.18. The number of hydrogen-bond donors (Lipinski definition) is 2. The predicted molar refractivity (Wildman–Crippen MR) is 122 cm³/mol. The fourth-order valence-corrected chi connectivity index (χ4v) is 3.92. The quantitative estimate of drug-likeness (QED) is 0.587. The van der Waals surface area contributed by atoms with Crippen molar-refractivity contribution < 1.29 is 23.5 Å². The number of nitrogens with one attached hydrogen (secondary N) is 1. The second kappa shape index (κ2) is 9.79. The molecule has 0 unspecified atom stereocenters. The number of amides is 1. The van der Waals surface area contributed by atoms with E-state index in [0.29, 0.717) is 44.0 Å². The molecule has 0 aliphatic carbocycles. The van der Waals surface area contributed by atoms with Crippen LogP contribution in [0.1, 0.15) is 26.3 Å². The van der Waals surface area contributed by atoms with E-state index >= 15 is 0 Å². The lowest BCUT2D eigenvalue weighted by molar-refractivity contribution is 0.0697. The third-order valence-electron chi connectivity index (χ3n) is 5.67. The summed E-state index contributed by atoms with van der Waals surface area (Å²) in [6.07, 6.45) is 0. The Balaban J connectivity index is 1.45. The molecule has 1 saturated heterocycles. The van der Waals surface area contributed by atoms with Crippen molar-refractivity contribution in [3.05, 3.63) is 95.1 Å². The molecule has 1 heterocycles. The van der Waals surface area contributed by atoms with Crippen molar-refractivity contribution in [1.29, 1.82) is 0 Å². The molecule has 1 aliphatic rings. The van der Waals surface area contributed by atoms with Crippen molar-refractivity contribution in [2.75, 3.05) is 36.4 Å². The van der Waals surface area contributed by atoms with Gasteiger partial charge < -0.3 is 15.3 Å². The summed E-state index contributed by atoms with van der Waals surface area (Å²) in [4.78, 5) is 28.4. The molecule has 0 aromatic heterocycles. The van der Waals surface area contributed by atoms with Gasteiger partial charge in [-0.05, 0) is 36.4 Å². The normalized spacial score (nSPS) is 14.2. The number of aromatic carboxylic acids is 1. The molecular formula is C25H23F2N3O3. The van der Waals surface area contributed by atoms with Crippen LogP contribution >= 0.6 is 0 Å². The first-order valence-corrected chi connectivity index (χ1v) is 10.6. The van der Waals surface area contributed by atoms with Crippen LogP contribution in [-0.2, 0) is 6.54 Å². The van der Waals surface area contributed by atoms with Crippen molar-refractivity contribution >= 4 is 23.3 Å². The van der Waals surface area contributed by atoms with Gasteiger partial charge >= 0.3 is 5.97 Å². The van der Waals surface area contributed by atoms with E-state index in [-0.39, 0.29) is 22.6 Å². The number of halogens is 2. The first-order chi connectivity index (χ1) is 15.9. The molecule has 2 N–H and O–H groups in total. The maximum Gasteiger partial charge on any atom is 0.337 e. The van der Waals surface area contributed by atoms with Gasteiger partial charge in [-0.1, -0.05) is 30.3 Å². The Bertz CT molecular complexity index is 1180. The van der Waals surface area contributed by atoms with Crippen LogP contribution in [0.3, 0.4) is 0 Å². The molecule has 0 atom stereocenters. The molecule has 0 radical (unpaired) electrons. The van der Waals surface area contributed by atoms with E-state index in [1.807, 2.05) is 4.90 Å². The van der Waals surface area contributed by atoms with Crippen LogP contribution in [0.5, 0.6) is 0 Å². The van der Waals surface area contributed by atoms with Crippen molar-refractivity contribution in [2.24, 2.45) is 0 Å². The molecule has 170 valence electrons. The van der Waals surface area contributed by atoms with Gasteiger partial charge in [-0.25, -0.2) is 13.6 Å². The topological polar surface area (TPSA) is 72.9 Å². The number of piperazine rings is 1. The highest BCUT2D eigenvalue weighted by molar-refractivity contribution is 6.05. The van der Waals surface area contributed by atoms with Gasteiger partial charge in [0.05, 0.1) is 16.8 Å². The molecule has 0 saturated carbocycles. The zero-order chi connectivity index (χ0) is 23.4. The Hall–Kier alpha value is -3.78. The highest BCUT2D eigenvalue weighted by atomic mass is 19.1. The molecule has 1 fully saturated rings. The minimum absolute atomic E-state index is 0.0453. The molecule has 3 aromatic rings. The lowest BCUT2D eigenvalue weighted by Crippen LogP contribution is -2.46. The van der Waals surface area contributed by atoms with E-state index in [1.165, 1.54) is 30.3 Å². The lowest BCUT2D eigenvalue weighted by atomic mass is 10.1. The van der Waals surface area contributed by atoms with E-state index in [0.717, 1.165) is 0 Å². The summed E-state index contributed by atoms with van der Waals surface area (Å²) in [5, 5.41) is 12.3. The van der Waals surface area contributed by atoms with Crippen LogP contribution in [0.2, 0.25) is 0 Å². The number of rotatable bonds is 6. The highest BCUT2D eigenvalue weighted by Crippen LogP contribution is 2.26. The molecule has 0 spiro atoms. The standard InChI is InChI=1S/C25H23F2N3O3/c26-21-7-3-1-5-17(21)16-29-11-13-30(14-12-29)23-10-9-18(15-20(23)25(32)33)28-24(31)19-6-2-4-8-22(19)27/h1-10,15H,11-14,16H2,(H,28,31)(H,32,33). The van der Waals surface area contributed by atoms with Crippen LogP contribution in [0.25, 0.3) is 0 Å². The molecule has 8 heteroatoms. The molecule has 0 bridgehead atoms. The molecule has 1 amide bonds. The molecule has 6 nitrogen and oxygen atoms in total. The van der Waals surface area contributed by atoms with Gasteiger partial charge in [0.25, 0.3) is 5.91 Å². The average molecular weight is 451 g/mol. The smallest absolute Gasteiger partial charge is 0.337 e. The van der Waals surface area contributed by atoms with E-state index in [1.54, 1.807) is 36.4 Å². The van der Waals surface area contributed by atoms with Crippen molar-refractivity contribution in [3.63, 3.8) is 0 Å². The number of carboxylic acids is 1.